The second-order valence-corrected chi connectivity index (χ2v) is 9.59. The van der Waals surface area contributed by atoms with Gasteiger partial charge in [0.25, 0.3) is 5.91 Å². The maximum Gasteiger partial charge on any atom is 0.410 e. The van der Waals surface area contributed by atoms with Gasteiger partial charge in [-0.2, -0.15) is 5.10 Å². The molecule has 0 atom stereocenters. The van der Waals surface area contributed by atoms with E-state index in [1.165, 1.54) is 6.07 Å². The molecule has 0 radical (unpaired) electrons. The number of aryl methyl sites for hydroxylation is 1. The lowest BCUT2D eigenvalue weighted by Crippen LogP contribution is -2.46. The van der Waals surface area contributed by atoms with Crippen LogP contribution < -0.4 is 5.73 Å². The lowest BCUT2D eigenvalue weighted by atomic mass is 9.74. The molecule has 3 aromatic rings. The first-order chi connectivity index (χ1) is 14.4. The number of nitrogens with two attached hydrogens (primary N) is 1. The number of H-pyrrole nitrogens is 1. The number of halogens is 1. The molecule has 2 aromatic heterocycles. The summed E-state index contributed by atoms with van der Waals surface area (Å²) in [5.41, 5.74) is 8.25. The minimum atomic E-state index is -0.711. The van der Waals surface area contributed by atoms with Crippen molar-refractivity contribution in [2.45, 2.75) is 58.5 Å². The van der Waals surface area contributed by atoms with Crippen LogP contribution in [0.25, 0.3) is 16.7 Å². The van der Waals surface area contributed by atoms with E-state index < -0.39 is 17.3 Å². The molecule has 4 rings (SSSR count). The second kappa shape index (κ2) is 6.96. The van der Waals surface area contributed by atoms with Gasteiger partial charge < -0.3 is 20.4 Å². The maximum atomic E-state index is 14.0. The van der Waals surface area contributed by atoms with Crippen molar-refractivity contribution in [3.63, 3.8) is 0 Å². The van der Waals surface area contributed by atoms with Gasteiger partial charge in [0.05, 0.1) is 16.8 Å². The summed E-state index contributed by atoms with van der Waals surface area (Å²) in [5.74, 6) is -1.25. The molecule has 0 saturated carbocycles. The average molecular weight is 429 g/mol. The second-order valence-electron chi connectivity index (χ2n) is 9.59. The van der Waals surface area contributed by atoms with E-state index in [2.05, 4.69) is 17.0 Å². The lowest BCUT2D eigenvalue weighted by Gasteiger charge is -2.39. The number of carbonyl (C=O) groups is 2. The molecular formula is C22H28FN5O3. The number of ether oxygens (including phenoxy) is 1. The molecule has 1 aromatic carbocycles. The Morgan fingerprint density at radius 2 is 1.90 bits per heavy atom. The number of rotatable bonds is 2. The summed E-state index contributed by atoms with van der Waals surface area (Å²) in [6, 6.07) is 2.47. The number of piperidine rings is 1. The van der Waals surface area contributed by atoms with Gasteiger partial charge in [-0.25, -0.2) is 13.7 Å². The predicted molar refractivity (Wildman–Crippen MR) is 115 cm³/mol. The highest BCUT2D eigenvalue weighted by atomic mass is 19.1. The summed E-state index contributed by atoms with van der Waals surface area (Å²) >= 11 is 0. The van der Waals surface area contributed by atoms with E-state index in [1.807, 2.05) is 27.7 Å². The van der Waals surface area contributed by atoms with Crippen molar-refractivity contribution in [3.05, 3.63) is 34.8 Å². The zero-order valence-corrected chi connectivity index (χ0v) is 18.5. The summed E-state index contributed by atoms with van der Waals surface area (Å²) in [7, 11) is 0. The zero-order chi connectivity index (χ0) is 22.7. The predicted octanol–water partition coefficient (Wildman–Crippen LogP) is 3.65. The standard InChI is InChI=1S/C22H28FN5O3/c1-12-16(22(5)6-8-27(9-7-22)20(30)31-21(2,3)4)19-25-15-11-13(23)10-14(18(24)29)17(15)28(19)26-12/h10-11,25H,6-9H2,1-5H3,(H2,24,29). The Morgan fingerprint density at radius 1 is 1.26 bits per heavy atom. The van der Waals surface area contributed by atoms with Crippen LogP contribution in [-0.4, -0.2) is 50.2 Å². The number of aromatic nitrogens is 3. The van der Waals surface area contributed by atoms with E-state index in [0.29, 0.717) is 29.8 Å². The van der Waals surface area contributed by atoms with Crippen LogP contribution in [0.1, 0.15) is 62.2 Å². The van der Waals surface area contributed by atoms with E-state index in [4.69, 9.17) is 10.5 Å². The number of carbonyl (C=O) groups excluding carboxylic acids is 2. The number of aromatic amines is 1. The fraction of sp³-hybridized carbons (Fsp3) is 0.500. The largest absolute Gasteiger partial charge is 0.444 e. The molecule has 9 heteroatoms. The Labute approximate surface area is 179 Å². The summed E-state index contributed by atoms with van der Waals surface area (Å²) in [5, 5.41) is 4.65. The number of imidazole rings is 1. The topological polar surface area (TPSA) is 106 Å². The fourth-order valence-electron chi connectivity index (χ4n) is 4.52. The number of nitrogens with one attached hydrogen (secondary N) is 1. The van der Waals surface area contributed by atoms with Crippen LogP contribution in [0.3, 0.4) is 0 Å². The molecule has 3 N–H and O–H groups in total. The molecule has 2 amide bonds. The van der Waals surface area contributed by atoms with E-state index in [0.717, 1.165) is 30.2 Å². The Hall–Kier alpha value is -3.10. The Kier molecular flexibility index (Phi) is 4.75. The molecule has 8 nitrogen and oxygen atoms in total. The molecule has 31 heavy (non-hydrogen) atoms. The van der Waals surface area contributed by atoms with Crippen LogP contribution in [0.15, 0.2) is 12.1 Å². The Bertz CT molecular complexity index is 1200. The summed E-state index contributed by atoms with van der Waals surface area (Å²) in [4.78, 5) is 29.3. The van der Waals surface area contributed by atoms with Crippen LogP contribution in [0.2, 0.25) is 0 Å². The zero-order valence-electron chi connectivity index (χ0n) is 18.5. The summed E-state index contributed by atoms with van der Waals surface area (Å²) < 4.78 is 21.2. The van der Waals surface area contributed by atoms with Gasteiger partial charge >= 0.3 is 6.09 Å². The molecule has 0 aliphatic carbocycles. The minimum absolute atomic E-state index is 0.0835. The van der Waals surface area contributed by atoms with Crippen molar-refractivity contribution >= 4 is 28.7 Å². The number of hydrogen-bond donors (Lipinski definition) is 2. The third-order valence-corrected chi connectivity index (χ3v) is 5.99. The van der Waals surface area contributed by atoms with Gasteiger partial charge in [-0.1, -0.05) is 6.92 Å². The molecule has 0 spiro atoms. The molecule has 3 heterocycles. The number of likely N-dealkylation sites (tertiary alicyclic amines) is 1. The smallest absolute Gasteiger partial charge is 0.410 e. The Balaban J connectivity index is 1.72. The van der Waals surface area contributed by atoms with Gasteiger partial charge in [-0.05, 0) is 52.7 Å². The third kappa shape index (κ3) is 3.62. The first-order valence-electron chi connectivity index (χ1n) is 10.4. The van der Waals surface area contributed by atoms with E-state index in [-0.39, 0.29) is 17.1 Å². The van der Waals surface area contributed by atoms with Crippen molar-refractivity contribution in [1.82, 2.24) is 19.5 Å². The van der Waals surface area contributed by atoms with Crippen molar-refractivity contribution in [2.75, 3.05) is 13.1 Å². The Morgan fingerprint density at radius 3 is 2.48 bits per heavy atom. The first kappa shape index (κ1) is 21.1. The van der Waals surface area contributed by atoms with Crippen LogP contribution in [0, 0.1) is 12.7 Å². The van der Waals surface area contributed by atoms with Gasteiger partial charge in [0, 0.05) is 24.1 Å². The fourth-order valence-corrected chi connectivity index (χ4v) is 4.52. The molecule has 0 bridgehead atoms. The quantitative estimate of drug-likeness (QED) is 0.648. The van der Waals surface area contributed by atoms with Gasteiger partial charge in [0.2, 0.25) is 0 Å². The number of primary amides is 1. The summed E-state index contributed by atoms with van der Waals surface area (Å²) in [6.07, 6.45) is 1.14. The van der Waals surface area contributed by atoms with Gasteiger partial charge in [0.1, 0.15) is 22.6 Å². The molecule has 1 aliphatic rings. The van der Waals surface area contributed by atoms with Crippen molar-refractivity contribution in [3.8, 4) is 0 Å². The SMILES string of the molecule is Cc1nn2c([nH]c3cc(F)cc(C(N)=O)c32)c1C1(C)CCN(C(=O)OC(C)(C)C)CC1. The van der Waals surface area contributed by atoms with Crippen LogP contribution in [-0.2, 0) is 10.2 Å². The number of nitrogens with zero attached hydrogens (tertiary/aromatic N) is 3. The molecule has 1 saturated heterocycles. The number of fused-ring (bicyclic) bond motifs is 3. The van der Waals surface area contributed by atoms with E-state index >= 15 is 0 Å². The van der Waals surface area contributed by atoms with Gasteiger partial charge in [-0.15, -0.1) is 0 Å². The van der Waals surface area contributed by atoms with Crippen LogP contribution in [0.5, 0.6) is 0 Å². The van der Waals surface area contributed by atoms with Gasteiger partial charge in [-0.3, -0.25) is 4.79 Å². The number of benzene rings is 1. The van der Waals surface area contributed by atoms with Crippen molar-refractivity contribution in [2.24, 2.45) is 5.73 Å². The third-order valence-electron chi connectivity index (χ3n) is 5.99. The highest BCUT2D eigenvalue weighted by molar-refractivity contribution is 6.05. The molecular weight excluding hydrogens is 401 g/mol. The van der Waals surface area contributed by atoms with Gasteiger partial charge in [0.15, 0.2) is 0 Å². The number of hydrogen-bond acceptors (Lipinski definition) is 4. The van der Waals surface area contributed by atoms with E-state index in [1.54, 1.807) is 9.42 Å². The van der Waals surface area contributed by atoms with Crippen LogP contribution >= 0.6 is 0 Å². The van der Waals surface area contributed by atoms with Crippen molar-refractivity contribution in [1.29, 1.82) is 0 Å². The normalized spacial score (nSPS) is 16.8. The van der Waals surface area contributed by atoms with Crippen LogP contribution in [0.4, 0.5) is 9.18 Å². The highest BCUT2D eigenvalue weighted by Gasteiger charge is 2.39. The highest BCUT2D eigenvalue weighted by Crippen LogP contribution is 2.40. The lowest BCUT2D eigenvalue weighted by molar-refractivity contribution is 0.0172. The first-order valence-corrected chi connectivity index (χ1v) is 10.4. The number of amides is 2. The molecule has 166 valence electrons. The molecule has 1 aliphatic heterocycles. The van der Waals surface area contributed by atoms with E-state index in [9.17, 15) is 14.0 Å². The maximum absolute atomic E-state index is 14.0. The average Bonchev–Trinajstić information content (AvgIpc) is 3.13. The molecule has 1 fully saturated rings. The summed E-state index contributed by atoms with van der Waals surface area (Å²) in [6.45, 7) is 10.7. The molecule has 0 unspecified atom stereocenters. The van der Waals surface area contributed by atoms with Crippen molar-refractivity contribution < 1.29 is 18.7 Å². The minimum Gasteiger partial charge on any atom is -0.444 e. The monoisotopic (exact) mass is 429 g/mol.